The summed E-state index contributed by atoms with van der Waals surface area (Å²) in [5.41, 5.74) is 2.00. The van der Waals surface area contributed by atoms with Crippen molar-refractivity contribution in [1.29, 1.82) is 0 Å². The highest BCUT2D eigenvalue weighted by Crippen LogP contribution is 2.28. The van der Waals surface area contributed by atoms with Gasteiger partial charge in [-0.25, -0.2) is 0 Å². The van der Waals surface area contributed by atoms with E-state index in [0.717, 1.165) is 11.3 Å². The topological polar surface area (TPSA) is 40.5 Å². The summed E-state index contributed by atoms with van der Waals surface area (Å²) in [6, 6.07) is 8.20. The van der Waals surface area contributed by atoms with Crippen LogP contribution in [0.15, 0.2) is 24.3 Å². The molecule has 1 amide bonds. The lowest BCUT2D eigenvalue weighted by molar-refractivity contribution is 0.151. The molecule has 0 aliphatic carbocycles. The number of carboxylic acid groups (broad SMARTS) is 1. The van der Waals surface area contributed by atoms with E-state index in [-0.39, 0.29) is 10.5 Å². The van der Waals surface area contributed by atoms with Crippen LogP contribution in [-0.4, -0.2) is 43.3 Å². The van der Waals surface area contributed by atoms with Crippen molar-refractivity contribution in [2.24, 2.45) is 0 Å². The first-order valence-electron chi connectivity index (χ1n) is 6.76. The van der Waals surface area contributed by atoms with Gasteiger partial charge < -0.3 is 10.0 Å². The number of rotatable bonds is 5. The number of benzene rings is 1. The van der Waals surface area contributed by atoms with Crippen LogP contribution >= 0.6 is 0 Å². The van der Waals surface area contributed by atoms with Crippen molar-refractivity contribution in [3.8, 4) is 0 Å². The monoisotopic (exact) mass is 265 g/mol. The molecular weight excluding hydrogens is 240 g/mol. The van der Waals surface area contributed by atoms with Crippen molar-refractivity contribution in [3.63, 3.8) is 0 Å². The molecule has 0 bridgehead atoms. The van der Waals surface area contributed by atoms with Crippen LogP contribution < -0.4 is 4.48 Å². The fourth-order valence-electron chi connectivity index (χ4n) is 2.32. The molecule has 0 radical (unpaired) electrons. The summed E-state index contributed by atoms with van der Waals surface area (Å²) in [6.45, 7) is 7.04. The average molecular weight is 265 g/mol. The van der Waals surface area contributed by atoms with E-state index in [4.69, 9.17) is 0 Å². The third kappa shape index (κ3) is 2.96. The van der Waals surface area contributed by atoms with Gasteiger partial charge in [0.25, 0.3) is 0 Å². The Morgan fingerprint density at radius 1 is 1.32 bits per heavy atom. The number of carbonyl (C=O) groups is 1. The maximum Gasteiger partial charge on any atom is 0.518 e. The lowest BCUT2D eigenvalue weighted by Gasteiger charge is -2.30. The molecule has 1 aromatic carbocycles. The van der Waals surface area contributed by atoms with Crippen LogP contribution in [0.2, 0.25) is 0 Å². The molecule has 0 aromatic heterocycles. The fraction of sp³-hybridized carbons (Fsp3) is 0.533. The van der Waals surface area contributed by atoms with Gasteiger partial charge in [0, 0.05) is 12.1 Å². The molecule has 1 aromatic rings. The molecule has 0 saturated heterocycles. The molecule has 1 unspecified atom stereocenters. The van der Waals surface area contributed by atoms with Crippen LogP contribution in [0.3, 0.4) is 0 Å². The number of hydrogen-bond acceptors (Lipinski definition) is 2. The van der Waals surface area contributed by atoms with Crippen LogP contribution in [0.5, 0.6) is 0 Å². The zero-order chi connectivity index (χ0) is 14.6. The molecule has 0 aliphatic heterocycles. The summed E-state index contributed by atoms with van der Waals surface area (Å²) >= 11 is 0. The lowest BCUT2D eigenvalue weighted by atomic mass is 10.1. The summed E-state index contributed by atoms with van der Waals surface area (Å²) in [7, 11) is 4.05. The zero-order valence-corrected chi connectivity index (χ0v) is 12.6. The summed E-state index contributed by atoms with van der Waals surface area (Å²) < 4.78 is -0.0199. The summed E-state index contributed by atoms with van der Waals surface area (Å²) in [6.07, 6.45) is -0.792. The Balaban J connectivity index is 3.27. The van der Waals surface area contributed by atoms with Crippen LogP contribution in [0.25, 0.3) is 0 Å². The van der Waals surface area contributed by atoms with Crippen LogP contribution in [-0.2, 0) is 0 Å². The predicted molar refractivity (Wildman–Crippen MR) is 79.4 cm³/mol. The molecular formula is C15H25N2O2+. The van der Waals surface area contributed by atoms with E-state index >= 15 is 0 Å². The highest BCUT2D eigenvalue weighted by molar-refractivity contribution is 5.80. The average Bonchev–Trinajstić information content (AvgIpc) is 2.40. The number of hydrogen-bond donors (Lipinski definition) is 1. The second-order valence-corrected chi connectivity index (χ2v) is 5.12. The molecule has 0 saturated carbocycles. The Morgan fingerprint density at radius 2 is 1.89 bits per heavy atom. The first-order chi connectivity index (χ1) is 8.89. The molecule has 0 spiro atoms. The third-order valence-electron chi connectivity index (χ3n) is 4.07. The Labute approximate surface area is 115 Å². The minimum Gasteiger partial charge on any atom is -0.435 e. The number of quaternary nitrogens is 1. The second kappa shape index (κ2) is 6.17. The van der Waals surface area contributed by atoms with E-state index in [1.807, 2.05) is 46.1 Å². The summed E-state index contributed by atoms with van der Waals surface area (Å²) in [5, 5.41) is 9.58. The SMILES string of the molecule is CC[N+](CC)(C(=O)O)c1cccc(C(C)N(C)C)c1. The van der Waals surface area contributed by atoms with Crippen molar-refractivity contribution in [3.05, 3.63) is 29.8 Å². The van der Waals surface area contributed by atoms with Gasteiger partial charge in [-0.05, 0) is 46.5 Å². The number of nitrogens with zero attached hydrogens (tertiary/aromatic N) is 2. The van der Waals surface area contributed by atoms with Gasteiger partial charge in [-0.1, -0.05) is 12.1 Å². The largest absolute Gasteiger partial charge is 0.518 e. The minimum absolute atomic E-state index is 0.0199. The zero-order valence-electron chi connectivity index (χ0n) is 12.6. The van der Waals surface area contributed by atoms with Gasteiger partial charge in [0.15, 0.2) is 0 Å². The third-order valence-corrected chi connectivity index (χ3v) is 4.07. The fourth-order valence-corrected chi connectivity index (χ4v) is 2.32. The summed E-state index contributed by atoms with van der Waals surface area (Å²) in [5.74, 6) is 0. The Bertz CT molecular complexity index is 440. The van der Waals surface area contributed by atoms with E-state index in [1.165, 1.54) is 0 Å². The minimum atomic E-state index is -0.792. The van der Waals surface area contributed by atoms with Gasteiger partial charge in [-0.15, -0.1) is 0 Å². The molecule has 19 heavy (non-hydrogen) atoms. The van der Waals surface area contributed by atoms with Crippen molar-refractivity contribution >= 4 is 11.8 Å². The highest BCUT2D eigenvalue weighted by Gasteiger charge is 2.36. The van der Waals surface area contributed by atoms with E-state index in [0.29, 0.717) is 13.1 Å². The van der Waals surface area contributed by atoms with Crippen molar-refractivity contribution in [1.82, 2.24) is 9.38 Å². The molecule has 0 aliphatic rings. The van der Waals surface area contributed by atoms with Gasteiger partial charge in [0.05, 0.1) is 13.1 Å². The molecule has 1 rings (SSSR count). The van der Waals surface area contributed by atoms with Crippen LogP contribution in [0, 0.1) is 0 Å². The predicted octanol–water partition coefficient (Wildman–Crippen LogP) is 3.33. The first-order valence-corrected chi connectivity index (χ1v) is 6.76. The maximum absolute atomic E-state index is 11.7. The standard InChI is InChI=1S/C15H24N2O2/c1-6-17(7-2,15(18)19)14-10-8-9-13(11-14)12(3)16(4)5/h8-12H,6-7H2,1-5H3/p+1. The second-order valence-electron chi connectivity index (χ2n) is 5.12. The summed E-state index contributed by atoms with van der Waals surface area (Å²) in [4.78, 5) is 13.8. The maximum atomic E-state index is 11.7. The number of amides is 1. The Kier molecular flexibility index (Phi) is 5.09. The molecule has 1 atom stereocenters. The van der Waals surface area contributed by atoms with E-state index in [1.54, 1.807) is 0 Å². The van der Waals surface area contributed by atoms with Gasteiger partial charge in [-0.3, -0.25) is 0 Å². The highest BCUT2D eigenvalue weighted by atomic mass is 16.4. The van der Waals surface area contributed by atoms with Crippen molar-refractivity contribution in [2.45, 2.75) is 26.8 Å². The van der Waals surface area contributed by atoms with Gasteiger partial charge >= 0.3 is 6.09 Å². The van der Waals surface area contributed by atoms with Crippen LogP contribution in [0.4, 0.5) is 10.5 Å². The molecule has 0 fully saturated rings. The van der Waals surface area contributed by atoms with Gasteiger partial charge in [0.1, 0.15) is 5.69 Å². The van der Waals surface area contributed by atoms with Crippen molar-refractivity contribution < 1.29 is 9.90 Å². The van der Waals surface area contributed by atoms with Gasteiger partial charge in [-0.2, -0.15) is 9.28 Å². The van der Waals surface area contributed by atoms with E-state index in [9.17, 15) is 9.90 Å². The molecule has 106 valence electrons. The Morgan fingerprint density at radius 3 is 2.32 bits per heavy atom. The molecule has 1 N–H and O–H groups in total. The smallest absolute Gasteiger partial charge is 0.435 e. The lowest BCUT2D eigenvalue weighted by Crippen LogP contribution is -2.53. The molecule has 4 heteroatoms. The van der Waals surface area contributed by atoms with E-state index in [2.05, 4.69) is 17.9 Å². The van der Waals surface area contributed by atoms with E-state index < -0.39 is 6.09 Å². The first kappa shape index (κ1) is 15.7. The van der Waals surface area contributed by atoms with Gasteiger partial charge in [0.2, 0.25) is 0 Å². The Hall–Kier alpha value is -1.39. The van der Waals surface area contributed by atoms with Crippen molar-refractivity contribution in [2.75, 3.05) is 27.2 Å². The quantitative estimate of drug-likeness (QED) is 0.830. The van der Waals surface area contributed by atoms with Crippen LogP contribution in [0.1, 0.15) is 32.4 Å². The molecule has 0 heterocycles. The normalized spacial score (nSPS) is 13.6. The molecule has 4 nitrogen and oxygen atoms in total.